The van der Waals surface area contributed by atoms with Gasteiger partial charge in [-0.2, -0.15) is 0 Å². The van der Waals surface area contributed by atoms with E-state index in [1.54, 1.807) is 4.90 Å². The van der Waals surface area contributed by atoms with Gasteiger partial charge in [-0.05, 0) is 33.1 Å². The highest BCUT2D eigenvalue weighted by molar-refractivity contribution is 5.83. The number of ketones is 1. The molecule has 2 unspecified atom stereocenters. The van der Waals surface area contributed by atoms with Crippen LogP contribution in [0.1, 0.15) is 47.5 Å². The maximum absolute atomic E-state index is 11.9. The van der Waals surface area contributed by atoms with Gasteiger partial charge in [0.15, 0.2) is 0 Å². The Balaban J connectivity index is 2.58. The summed E-state index contributed by atoms with van der Waals surface area (Å²) in [6.07, 6.45) is 1.17. The third-order valence-corrected chi connectivity index (χ3v) is 3.17. The van der Waals surface area contributed by atoms with Crippen molar-refractivity contribution in [2.24, 2.45) is 11.8 Å². The molecule has 18 heavy (non-hydrogen) atoms. The third kappa shape index (κ3) is 4.00. The fourth-order valence-corrected chi connectivity index (χ4v) is 2.29. The number of amides is 1. The molecule has 4 nitrogen and oxygen atoms in total. The van der Waals surface area contributed by atoms with E-state index in [-0.39, 0.29) is 23.7 Å². The fraction of sp³-hybridized carbons (Fsp3) is 0.857. The van der Waals surface area contributed by atoms with Gasteiger partial charge < -0.3 is 9.64 Å². The van der Waals surface area contributed by atoms with Gasteiger partial charge in [0.25, 0.3) is 0 Å². The van der Waals surface area contributed by atoms with E-state index in [2.05, 4.69) is 0 Å². The van der Waals surface area contributed by atoms with Crippen LogP contribution in [0.2, 0.25) is 0 Å². The molecule has 1 fully saturated rings. The Kier molecular flexibility index (Phi) is 4.77. The maximum Gasteiger partial charge on any atom is 0.410 e. The normalized spacial score (nSPS) is 24.2. The number of hydrogen-bond donors (Lipinski definition) is 0. The summed E-state index contributed by atoms with van der Waals surface area (Å²) < 4.78 is 5.33. The van der Waals surface area contributed by atoms with Crippen molar-refractivity contribution in [1.82, 2.24) is 4.90 Å². The van der Waals surface area contributed by atoms with Crippen LogP contribution < -0.4 is 0 Å². The van der Waals surface area contributed by atoms with Crippen molar-refractivity contribution in [3.63, 3.8) is 0 Å². The summed E-state index contributed by atoms with van der Waals surface area (Å²) >= 11 is 0. The minimum absolute atomic E-state index is 0.0162. The van der Waals surface area contributed by atoms with Crippen LogP contribution in [0.25, 0.3) is 0 Å². The van der Waals surface area contributed by atoms with Gasteiger partial charge in [-0.1, -0.05) is 13.8 Å². The van der Waals surface area contributed by atoms with Crippen molar-refractivity contribution in [3.8, 4) is 0 Å². The van der Waals surface area contributed by atoms with Crippen molar-refractivity contribution in [2.45, 2.75) is 53.1 Å². The molecule has 0 N–H and O–H groups in total. The molecule has 1 rings (SSSR count). The van der Waals surface area contributed by atoms with Crippen LogP contribution in [0.3, 0.4) is 0 Å². The van der Waals surface area contributed by atoms with E-state index in [0.717, 1.165) is 6.42 Å². The van der Waals surface area contributed by atoms with E-state index in [4.69, 9.17) is 4.74 Å². The number of carbonyl (C=O) groups excluding carboxylic acids is 2. The van der Waals surface area contributed by atoms with Gasteiger partial charge in [-0.3, -0.25) is 4.79 Å². The fourth-order valence-electron chi connectivity index (χ4n) is 2.29. The van der Waals surface area contributed by atoms with Gasteiger partial charge in [0.2, 0.25) is 0 Å². The Labute approximate surface area is 110 Å². The maximum atomic E-state index is 11.9. The molecule has 1 saturated heterocycles. The van der Waals surface area contributed by atoms with Gasteiger partial charge in [0.1, 0.15) is 11.4 Å². The molecule has 104 valence electrons. The van der Waals surface area contributed by atoms with Crippen LogP contribution >= 0.6 is 0 Å². The Hall–Kier alpha value is -1.06. The number of carbonyl (C=O) groups is 2. The largest absolute Gasteiger partial charge is 0.444 e. The first kappa shape index (κ1) is 15.0. The predicted octanol–water partition coefficient (Wildman–Crippen LogP) is 2.86. The molecule has 0 bridgehead atoms. The summed E-state index contributed by atoms with van der Waals surface area (Å²) in [5.74, 6) is 0.491. The number of Topliss-reactive ketones (excluding diaryl/α,β-unsaturated/α-hetero) is 1. The van der Waals surface area contributed by atoms with E-state index in [0.29, 0.717) is 19.5 Å². The van der Waals surface area contributed by atoms with Crippen molar-refractivity contribution in [1.29, 1.82) is 0 Å². The van der Waals surface area contributed by atoms with Gasteiger partial charge in [-0.15, -0.1) is 0 Å². The molecule has 0 spiro atoms. The number of rotatable bonds is 3. The molecule has 0 radical (unpaired) electrons. The van der Waals surface area contributed by atoms with Gasteiger partial charge in [0.05, 0.1) is 0 Å². The average Bonchev–Trinajstić information content (AvgIpc) is 2.58. The van der Waals surface area contributed by atoms with Crippen molar-refractivity contribution >= 4 is 11.9 Å². The second-order valence-corrected chi connectivity index (χ2v) is 6.19. The topological polar surface area (TPSA) is 46.6 Å². The second-order valence-electron chi connectivity index (χ2n) is 6.19. The molecule has 0 aromatic carbocycles. The first-order chi connectivity index (χ1) is 8.24. The zero-order valence-electron chi connectivity index (χ0n) is 12.2. The van der Waals surface area contributed by atoms with Crippen LogP contribution in [-0.2, 0) is 9.53 Å². The molecule has 0 saturated carbocycles. The second kappa shape index (κ2) is 5.72. The van der Waals surface area contributed by atoms with Crippen molar-refractivity contribution in [3.05, 3.63) is 0 Å². The highest BCUT2D eigenvalue weighted by Gasteiger charge is 2.37. The van der Waals surface area contributed by atoms with Crippen LogP contribution in [-0.4, -0.2) is 35.5 Å². The standard InChI is InChI=1S/C14H25NO3/c1-6-7-12(16)11-9-15(8-10(11)2)13(17)18-14(3,4)5/h10-11H,6-9H2,1-5H3. The van der Waals surface area contributed by atoms with E-state index in [1.807, 2.05) is 34.6 Å². The first-order valence-corrected chi connectivity index (χ1v) is 6.75. The van der Waals surface area contributed by atoms with E-state index in [1.165, 1.54) is 0 Å². The van der Waals surface area contributed by atoms with Crippen LogP contribution in [0.4, 0.5) is 4.79 Å². The summed E-state index contributed by atoms with van der Waals surface area (Å²) in [5, 5.41) is 0. The number of ether oxygens (including phenoxy) is 1. The first-order valence-electron chi connectivity index (χ1n) is 6.75. The summed E-state index contributed by atoms with van der Waals surface area (Å²) in [6.45, 7) is 10.7. The van der Waals surface area contributed by atoms with Crippen LogP contribution in [0, 0.1) is 11.8 Å². The van der Waals surface area contributed by atoms with Crippen molar-refractivity contribution < 1.29 is 14.3 Å². The molecule has 4 heteroatoms. The molecule has 1 aliphatic heterocycles. The van der Waals surface area contributed by atoms with E-state index >= 15 is 0 Å². The molecular formula is C14H25NO3. The molecule has 2 atom stereocenters. The monoisotopic (exact) mass is 255 g/mol. The lowest BCUT2D eigenvalue weighted by molar-refractivity contribution is -0.123. The lowest BCUT2D eigenvalue weighted by Gasteiger charge is -2.24. The van der Waals surface area contributed by atoms with Gasteiger partial charge in [0, 0.05) is 25.4 Å². The summed E-state index contributed by atoms with van der Waals surface area (Å²) in [6, 6.07) is 0. The lowest BCUT2D eigenvalue weighted by atomic mass is 9.91. The highest BCUT2D eigenvalue weighted by atomic mass is 16.6. The molecule has 1 heterocycles. The SMILES string of the molecule is CCCC(=O)C1CN(C(=O)OC(C)(C)C)CC1C. The highest BCUT2D eigenvalue weighted by Crippen LogP contribution is 2.26. The van der Waals surface area contributed by atoms with Crippen LogP contribution in [0.5, 0.6) is 0 Å². The molecule has 0 aliphatic carbocycles. The Morgan fingerprint density at radius 3 is 2.39 bits per heavy atom. The Bertz CT molecular complexity index is 319. The zero-order chi connectivity index (χ0) is 13.9. The smallest absolute Gasteiger partial charge is 0.410 e. The quantitative estimate of drug-likeness (QED) is 0.779. The van der Waals surface area contributed by atoms with Gasteiger partial charge in [-0.25, -0.2) is 4.79 Å². The molecule has 0 aromatic rings. The average molecular weight is 255 g/mol. The Morgan fingerprint density at radius 1 is 1.28 bits per heavy atom. The van der Waals surface area contributed by atoms with Crippen LogP contribution in [0.15, 0.2) is 0 Å². The van der Waals surface area contributed by atoms with E-state index in [9.17, 15) is 9.59 Å². The molecular weight excluding hydrogens is 230 g/mol. The van der Waals surface area contributed by atoms with Crippen molar-refractivity contribution in [2.75, 3.05) is 13.1 Å². The number of likely N-dealkylation sites (tertiary alicyclic amines) is 1. The van der Waals surface area contributed by atoms with Gasteiger partial charge >= 0.3 is 6.09 Å². The predicted molar refractivity (Wildman–Crippen MR) is 70.4 cm³/mol. The Morgan fingerprint density at radius 2 is 1.89 bits per heavy atom. The minimum atomic E-state index is -0.480. The summed E-state index contributed by atoms with van der Waals surface area (Å²) in [7, 11) is 0. The minimum Gasteiger partial charge on any atom is -0.444 e. The summed E-state index contributed by atoms with van der Waals surface area (Å²) in [5.41, 5.74) is -0.480. The number of hydrogen-bond acceptors (Lipinski definition) is 3. The molecule has 0 aromatic heterocycles. The third-order valence-electron chi connectivity index (χ3n) is 3.17. The number of nitrogens with zero attached hydrogens (tertiary/aromatic N) is 1. The lowest BCUT2D eigenvalue weighted by Crippen LogP contribution is -2.35. The molecule has 1 aliphatic rings. The zero-order valence-corrected chi connectivity index (χ0v) is 12.2. The summed E-state index contributed by atoms with van der Waals surface area (Å²) in [4.78, 5) is 25.5. The molecule has 1 amide bonds. The van der Waals surface area contributed by atoms with E-state index < -0.39 is 5.60 Å².